The van der Waals surface area contributed by atoms with Crippen molar-refractivity contribution in [1.82, 2.24) is 0 Å². The van der Waals surface area contributed by atoms with Crippen LogP contribution in [0, 0.1) is 5.41 Å². The van der Waals surface area contributed by atoms with E-state index in [2.05, 4.69) is 5.32 Å². The van der Waals surface area contributed by atoms with Crippen LogP contribution in [-0.4, -0.2) is 45.1 Å². The van der Waals surface area contributed by atoms with Gasteiger partial charge in [-0.2, -0.15) is 0 Å². The Morgan fingerprint density at radius 2 is 2.05 bits per heavy atom. The van der Waals surface area contributed by atoms with Gasteiger partial charge >= 0.3 is 0 Å². The molecular formula is C12H17N2O5S-. The highest BCUT2D eigenvalue weighted by molar-refractivity contribution is 7.80. The largest absolute Gasteiger partial charge is 0.755 e. The minimum atomic E-state index is -2.41. The summed E-state index contributed by atoms with van der Waals surface area (Å²) < 4.78 is 22.7. The number of carbonyl (C=O) groups is 1. The molecule has 3 N–H and O–H groups in total. The highest BCUT2D eigenvalue weighted by Gasteiger charge is 2.31. The molecule has 1 atom stereocenters. The first-order chi connectivity index (χ1) is 9.34. The lowest BCUT2D eigenvalue weighted by atomic mass is 9.92. The van der Waals surface area contributed by atoms with Gasteiger partial charge in [0.15, 0.2) is 0 Å². The molecule has 1 rings (SSSR count). The van der Waals surface area contributed by atoms with Crippen LogP contribution in [0.2, 0.25) is 0 Å². The molecule has 0 aliphatic heterocycles. The molecule has 0 spiro atoms. The Kier molecular flexibility index (Phi) is 5.63. The molecule has 1 amide bonds. The van der Waals surface area contributed by atoms with Gasteiger partial charge in [0.2, 0.25) is 5.91 Å². The number of hydrogen-bond donors (Lipinski definition) is 3. The molecule has 1 aromatic rings. The number of carbonyl (C=O) groups excluding carboxylic acids is 1. The first-order valence-electron chi connectivity index (χ1n) is 5.80. The number of aliphatic hydroxyl groups excluding tert-OH is 2. The summed E-state index contributed by atoms with van der Waals surface area (Å²) in [6.07, 6.45) is 0. The molecule has 112 valence electrons. The average Bonchev–Trinajstić information content (AvgIpc) is 2.45. The van der Waals surface area contributed by atoms with Crippen LogP contribution in [0.5, 0.6) is 0 Å². The van der Waals surface area contributed by atoms with Crippen molar-refractivity contribution in [2.45, 2.75) is 6.92 Å². The topological polar surface area (TPSA) is 113 Å². The molecule has 0 aliphatic carbocycles. The minimum absolute atomic E-state index is 0.373. The highest BCUT2D eigenvalue weighted by atomic mass is 32.2. The van der Waals surface area contributed by atoms with Gasteiger partial charge in [-0.3, -0.25) is 9.00 Å². The number of hydrogen-bond acceptors (Lipinski definition) is 5. The van der Waals surface area contributed by atoms with Crippen LogP contribution in [0.1, 0.15) is 6.92 Å². The van der Waals surface area contributed by atoms with Gasteiger partial charge in [-0.15, -0.1) is 0 Å². The summed E-state index contributed by atoms with van der Waals surface area (Å²) in [6, 6.07) is 6.22. The van der Waals surface area contributed by atoms with E-state index in [1.54, 1.807) is 18.2 Å². The zero-order valence-electron chi connectivity index (χ0n) is 11.2. The van der Waals surface area contributed by atoms with Crippen molar-refractivity contribution in [3.63, 3.8) is 0 Å². The smallest absolute Gasteiger partial charge is 0.234 e. The normalized spacial score (nSPS) is 12.8. The van der Waals surface area contributed by atoms with Crippen LogP contribution in [0.25, 0.3) is 0 Å². The monoisotopic (exact) mass is 301 g/mol. The summed E-state index contributed by atoms with van der Waals surface area (Å²) in [5.41, 5.74) is -0.549. The SMILES string of the molecule is CN(c1cccc(NC(=O)C(C)(CO)CO)c1)S(=O)[O-]. The maximum atomic E-state index is 11.9. The maximum absolute atomic E-state index is 11.9. The Bertz CT molecular complexity index is 504. The van der Waals surface area contributed by atoms with Crippen LogP contribution in [-0.2, 0) is 16.1 Å². The lowest BCUT2D eigenvalue weighted by molar-refractivity contribution is -0.129. The number of amides is 1. The third-order valence-corrected chi connectivity index (χ3v) is 3.60. The molecule has 0 saturated carbocycles. The van der Waals surface area contributed by atoms with Crippen molar-refractivity contribution in [2.24, 2.45) is 5.41 Å². The second kappa shape index (κ2) is 6.80. The van der Waals surface area contributed by atoms with E-state index < -0.39 is 35.8 Å². The highest BCUT2D eigenvalue weighted by Crippen LogP contribution is 2.22. The summed E-state index contributed by atoms with van der Waals surface area (Å²) in [4.78, 5) is 11.9. The molecule has 0 saturated heterocycles. The second-order valence-corrected chi connectivity index (χ2v) is 5.58. The third kappa shape index (κ3) is 3.76. The fourth-order valence-electron chi connectivity index (χ4n) is 1.34. The Labute approximate surface area is 119 Å². The summed E-state index contributed by atoms with van der Waals surface area (Å²) >= 11 is -2.41. The summed E-state index contributed by atoms with van der Waals surface area (Å²) in [5, 5.41) is 20.8. The van der Waals surface area contributed by atoms with Crippen LogP contribution in [0.4, 0.5) is 11.4 Å². The Balaban J connectivity index is 2.92. The summed E-state index contributed by atoms with van der Waals surface area (Å²) in [6.45, 7) is 0.421. The summed E-state index contributed by atoms with van der Waals surface area (Å²) in [7, 11) is 1.37. The summed E-state index contributed by atoms with van der Waals surface area (Å²) in [5.74, 6) is -0.550. The standard InChI is InChI=1S/C12H18N2O5S/c1-12(7-15,8-16)11(17)13-9-4-3-5-10(6-9)14(2)20(18)19/h3-6,15-16H,7-8H2,1-2H3,(H,13,17)(H,18,19)/p-1. The van der Waals surface area contributed by atoms with Crippen molar-refractivity contribution in [1.29, 1.82) is 0 Å². The second-order valence-electron chi connectivity index (χ2n) is 4.60. The Morgan fingerprint density at radius 1 is 1.45 bits per heavy atom. The van der Waals surface area contributed by atoms with Gasteiger partial charge in [0.25, 0.3) is 0 Å². The predicted octanol–water partition coefficient (Wildman–Crippen LogP) is -0.154. The predicted molar refractivity (Wildman–Crippen MR) is 74.7 cm³/mol. The molecule has 8 heteroatoms. The molecule has 0 aromatic heterocycles. The number of anilines is 2. The number of aliphatic hydroxyl groups is 2. The van der Waals surface area contributed by atoms with E-state index in [-0.39, 0.29) is 0 Å². The maximum Gasteiger partial charge on any atom is 0.234 e. The fourth-order valence-corrected chi connectivity index (χ4v) is 1.63. The van der Waals surface area contributed by atoms with Gasteiger partial charge in [0.1, 0.15) is 0 Å². The molecule has 0 heterocycles. The molecule has 0 radical (unpaired) electrons. The van der Waals surface area contributed by atoms with E-state index in [0.29, 0.717) is 11.4 Å². The van der Waals surface area contributed by atoms with Crippen LogP contribution < -0.4 is 9.62 Å². The van der Waals surface area contributed by atoms with E-state index in [4.69, 9.17) is 10.2 Å². The molecule has 0 bridgehead atoms. The van der Waals surface area contributed by atoms with Gasteiger partial charge in [-0.25, -0.2) is 0 Å². The molecule has 7 nitrogen and oxygen atoms in total. The Hall–Kier alpha value is -1.48. The lowest BCUT2D eigenvalue weighted by Crippen LogP contribution is -2.39. The molecular weight excluding hydrogens is 284 g/mol. The first kappa shape index (κ1) is 16.6. The molecule has 0 aliphatic rings. The van der Waals surface area contributed by atoms with Gasteiger partial charge in [0.05, 0.1) is 18.6 Å². The van der Waals surface area contributed by atoms with Crippen molar-refractivity contribution in [3.8, 4) is 0 Å². The van der Waals surface area contributed by atoms with E-state index >= 15 is 0 Å². The van der Waals surface area contributed by atoms with Crippen LogP contribution >= 0.6 is 0 Å². The van der Waals surface area contributed by atoms with E-state index in [1.165, 1.54) is 20.0 Å². The number of nitrogens with one attached hydrogen (secondary N) is 1. The van der Waals surface area contributed by atoms with Gasteiger partial charge in [-0.1, -0.05) is 6.07 Å². The minimum Gasteiger partial charge on any atom is -0.755 e. The number of nitrogens with zero attached hydrogens (tertiary/aromatic N) is 1. The number of benzene rings is 1. The van der Waals surface area contributed by atoms with Crippen molar-refractivity contribution in [2.75, 3.05) is 29.9 Å². The van der Waals surface area contributed by atoms with Gasteiger partial charge in [-0.05, 0) is 25.1 Å². The van der Waals surface area contributed by atoms with Crippen molar-refractivity contribution >= 4 is 28.5 Å². The zero-order chi connectivity index (χ0) is 15.3. The van der Waals surface area contributed by atoms with Crippen LogP contribution in [0.15, 0.2) is 24.3 Å². The van der Waals surface area contributed by atoms with Crippen molar-refractivity contribution in [3.05, 3.63) is 24.3 Å². The molecule has 20 heavy (non-hydrogen) atoms. The van der Waals surface area contributed by atoms with Crippen LogP contribution in [0.3, 0.4) is 0 Å². The Morgan fingerprint density at radius 3 is 2.55 bits per heavy atom. The molecule has 1 aromatic carbocycles. The molecule has 1 unspecified atom stereocenters. The van der Waals surface area contributed by atoms with Gasteiger partial charge in [0, 0.05) is 29.7 Å². The van der Waals surface area contributed by atoms with E-state index in [0.717, 1.165) is 4.31 Å². The number of rotatable bonds is 6. The quantitative estimate of drug-likeness (QED) is 0.632. The fraction of sp³-hybridized carbons (Fsp3) is 0.417. The first-order valence-corrected chi connectivity index (χ1v) is 6.83. The van der Waals surface area contributed by atoms with Gasteiger partial charge < -0.3 is 24.4 Å². The van der Waals surface area contributed by atoms with E-state index in [1.807, 2.05) is 0 Å². The average molecular weight is 301 g/mol. The third-order valence-electron chi connectivity index (χ3n) is 2.94. The lowest BCUT2D eigenvalue weighted by Gasteiger charge is -2.24. The zero-order valence-corrected chi connectivity index (χ0v) is 12.0. The van der Waals surface area contributed by atoms with E-state index in [9.17, 15) is 13.6 Å². The molecule has 0 fully saturated rings. The van der Waals surface area contributed by atoms with Crippen molar-refractivity contribution < 1.29 is 23.8 Å².